The summed E-state index contributed by atoms with van der Waals surface area (Å²) >= 11 is 0. The first-order chi connectivity index (χ1) is 21.6. The summed E-state index contributed by atoms with van der Waals surface area (Å²) in [5.74, 6) is 1.02. The van der Waals surface area contributed by atoms with Crippen molar-refractivity contribution in [2.45, 2.75) is 68.6 Å². The van der Waals surface area contributed by atoms with Crippen LogP contribution in [0.5, 0.6) is 5.75 Å². The van der Waals surface area contributed by atoms with E-state index in [2.05, 4.69) is 5.32 Å². The van der Waals surface area contributed by atoms with Crippen LogP contribution in [0.3, 0.4) is 0 Å². The Morgan fingerprint density at radius 2 is 1.80 bits per heavy atom. The summed E-state index contributed by atoms with van der Waals surface area (Å²) in [6.45, 7) is 4.81. The quantitative estimate of drug-likeness (QED) is 0.317. The molecule has 2 heterocycles. The number of hydrogen-bond acceptors (Lipinski definition) is 9. The number of amides is 1. The molecule has 248 valence electrons. The van der Waals surface area contributed by atoms with Crippen LogP contribution >= 0.6 is 0 Å². The lowest BCUT2D eigenvalue weighted by Crippen LogP contribution is -2.52. The molecule has 3 aliphatic rings. The molecule has 12 heteroatoms. The van der Waals surface area contributed by atoms with Crippen LogP contribution in [0.4, 0.5) is 4.79 Å². The smallest absolute Gasteiger partial charge is 0.407 e. The summed E-state index contributed by atoms with van der Waals surface area (Å²) in [6.07, 6.45) is -0.976. The second-order valence-corrected chi connectivity index (χ2v) is 14.7. The average molecular weight is 647 g/mol. The molecule has 0 aromatic heterocycles. The summed E-state index contributed by atoms with van der Waals surface area (Å²) in [7, 11) is -0.812. The molecule has 1 saturated carbocycles. The van der Waals surface area contributed by atoms with E-state index >= 15 is 0 Å². The van der Waals surface area contributed by atoms with E-state index in [0.717, 1.165) is 5.56 Å². The molecule has 45 heavy (non-hydrogen) atoms. The number of nitrogens with one attached hydrogen (secondary N) is 1. The van der Waals surface area contributed by atoms with Crippen molar-refractivity contribution in [3.8, 4) is 5.75 Å². The number of aliphatic hydroxyl groups excluding tert-OH is 1. The number of sulfonamides is 1. The van der Waals surface area contributed by atoms with Crippen molar-refractivity contribution in [1.29, 1.82) is 0 Å². The largest absolute Gasteiger partial charge is 0.497 e. The van der Waals surface area contributed by atoms with E-state index in [1.54, 1.807) is 19.2 Å². The monoisotopic (exact) mass is 646 g/mol. The van der Waals surface area contributed by atoms with E-state index in [1.807, 2.05) is 44.2 Å². The molecule has 8 atom stereocenters. The van der Waals surface area contributed by atoms with Gasteiger partial charge in [0.15, 0.2) is 6.29 Å². The number of carbonyl (C=O) groups excluding carboxylic acids is 1. The van der Waals surface area contributed by atoms with E-state index in [4.69, 9.17) is 23.7 Å². The number of ether oxygens (including phenoxy) is 5. The first-order valence-corrected chi connectivity index (χ1v) is 17.1. The molecule has 2 aromatic rings. The third kappa shape index (κ3) is 7.98. The number of aliphatic hydroxyl groups is 1. The molecule has 2 aliphatic heterocycles. The number of alkyl carbamates (subject to hydrolysis) is 1. The van der Waals surface area contributed by atoms with Crippen LogP contribution in [0.2, 0.25) is 0 Å². The highest BCUT2D eigenvalue weighted by atomic mass is 32.2. The van der Waals surface area contributed by atoms with Crippen LogP contribution in [0.15, 0.2) is 59.5 Å². The highest BCUT2D eigenvalue weighted by Crippen LogP contribution is 2.51. The van der Waals surface area contributed by atoms with Crippen LogP contribution in [0.25, 0.3) is 0 Å². The maximum absolute atomic E-state index is 13.7. The Kier molecular flexibility index (Phi) is 11.0. The molecule has 2 N–H and O–H groups in total. The molecule has 1 unspecified atom stereocenters. The lowest BCUT2D eigenvalue weighted by Gasteiger charge is -2.37. The van der Waals surface area contributed by atoms with Crippen molar-refractivity contribution >= 4 is 16.1 Å². The van der Waals surface area contributed by atoms with E-state index in [-0.39, 0.29) is 66.6 Å². The fourth-order valence-corrected chi connectivity index (χ4v) is 8.58. The zero-order valence-corrected chi connectivity index (χ0v) is 27.2. The van der Waals surface area contributed by atoms with E-state index in [1.165, 1.54) is 23.5 Å². The molecule has 5 rings (SSSR count). The summed E-state index contributed by atoms with van der Waals surface area (Å²) in [4.78, 5) is 13.6. The third-order valence-electron chi connectivity index (χ3n) is 9.04. The van der Waals surface area contributed by atoms with Gasteiger partial charge in [-0.25, -0.2) is 13.2 Å². The van der Waals surface area contributed by atoms with Crippen molar-refractivity contribution in [3.05, 3.63) is 60.2 Å². The Hall–Kier alpha value is -2.74. The van der Waals surface area contributed by atoms with Gasteiger partial charge in [-0.2, -0.15) is 4.31 Å². The molecule has 11 nitrogen and oxygen atoms in total. The number of methoxy groups -OCH3 is 2. The van der Waals surface area contributed by atoms with Gasteiger partial charge < -0.3 is 34.1 Å². The number of carbonyl (C=O) groups is 1. The van der Waals surface area contributed by atoms with Gasteiger partial charge >= 0.3 is 6.09 Å². The predicted molar refractivity (Wildman–Crippen MR) is 166 cm³/mol. The lowest BCUT2D eigenvalue weighted by atomic mass is 9.84. The van der Waals surface area contributed by atoms with E-state index in [0.29, 0.717) is 31.8 Å². The Labute approximate surface area is 266 Å². The summed E-state index contributed by atoms with van der Waals surface area (Å²) in [5, 5.41) is 14.5. The zero-order chi connectivity index (χ0) is 32.1. The Balaban J connectivity index is 1.31. The van der Waals surface area contributed by atoms with Gasteiger partial charge in [-0.15, -0.1) is 0 Å². The molecule has 2 aromatic carbocycles. The number of benzene rings is 2. The van der Waals surface area contributed by atoms with Gasteiger partial charge in [-0.1, -0.05) is 44.2 Å². The Morgan fingerprint density at radius 1 is 1.07 bits per heavy atom. The van der Waals surface area contributed by atoms with Crippen LogP contribution < -0.4 is 10.1 Å². The zero-order valence-electron chi connectivity index (χ0n) is 26.4. The lowest BCUT2D eigenvalue weighted by molar-refractivity contribution is -0.215. The second-order valence-electron chi connectivity index (χ2n) is 12.7. The van der Waals surface area contributed by atoms with Crippen molar-refractivity contribution in [3.63, 3.8) is 0 Å². The van der Waals surface area contributed by atoms with Crippen molar-refractivity contribution < 1.29 is 42.0 Å². The first kappa shape index (κ1) is 33.6. The molecule has 0 spiro atoms. The van der Waals surface area contributed by atoms with Crippen LogP contribution in [0, 0.1) is 23.7 Å². The van der Waals surface area contributed by atoms with Gasteiger partial charge in [0.25, 0.3) is 0 Å². The van der Waals surface area contributed by atoms with Gasteiger partial charge in [-0.3, -0.25) is 0 Å². The van der Waals surface area contributed by atoms with Crippen molar-refractivity contribution in [1.82, 2.24) is 9.62 Å². The van der Waals surface area contributed by atoms with Gasteiger partial charge in [0.05, 0.1) is 43.5 Å². The topological polar surface area (TPSA) is 133 Å². The van der Waals surface area contributed by atoms with Crippen molar-refractivity contribution in [2.75, 3.05) is 40.5 Å². The Bertz CT molecular complexity index is 1360. The van der Waals surface area contributed by atoms with Crippen LogP contribution in [-0.2, 0) is 35.4 Å². The fourth-order valence-electron chi connectivity index (χ4n) is 6.96. The number of nitrogens with zero attached hydrogens (tertiary/aromatic N) is 1. The standard InChI is InChI=1S/C33H46N2O9S/c1-21(2)17-35(45(38,39)26-12-10-24(41-4)11-13-26)18-29(36)28(14-22-8-6-5-7-9-22)34-33(37)44-30-15-23-19-42-32-31(23)27(30)16-25(43-32)20-40-3/h5-13,21,23,25,27-32,36H,14-20H2,1-4H3,(H,34,37)/t23-,25-,27?,28-,29+,30-,31+,32-/m0/s1. The van der Waals surface area contributed by atoms with Crippen molar-refractivity contribution in [2.24, 2.45) is 23.7 Å². The van der Waals surface area contributed by atoms with Crippen LogP contribution in [0.1, 0.15) is 32.3 Å². The minimum Gasteiger partial charge on any atom is -0.497 e. The molecular weight excluding hydrogens is 600 g/mol. The number of hydrogen-bond donors (Lipinski definition) is 2. The maximum atomic E-state index is 13.7. The van der Waals surface area contributed by atoms with Gasteiger partial charge in [0, 0.05) is 32.0 Å². The van der Waals surface area contributed by atoms with E-state index < -0.39 is 28.3 Å². The Morgan fingerprint density at radius 3 is 2.47 bits per heavy atom. The van der Waals surface area contributed by atoms with Gasteiger partial charge in [0.2, 0.25) is 10.0 Å². The molecule has 3 fully saturated rings. The summed E-state index contributed by atoms with van der Waals surface area (Å²) in [6, 6.07) is 14.8. The second kappa shape index (κ2) is 14.8. The molecule has 1 amide bonds. The average Bonchev–Trinajstić information content (AvgIpc) is 3.58. The fraction of sp³-hybridized carbons (Fsp3) is 0.606. The molecule has 1 aliphatic carbocycles. The first-order valence-electron chi connectivity index (χ1n) is 15.7. The normalized spacial score (nSPS) is 27.3. The predicted octanol–water partition coefficient (Wildman–Crippen LogP) is 3.45. The highest BCUT2D eigenvalue weighted by Gasteiger charge is 2.56. The summed E-state index contributed by atoms with van der Waals surface area (Å²) < 4.78 is 57.3. The van der Waals surface area contributed by atoms with Crippen LogP contribution in [-0.4, -0.2) is 95.1 Å². The molecular formula is C33H46N2O9S. The maximum Gasteiger partial charge on any atom is 0.407 e. The highest BCUT2D eigenvalue weighted by molar-refractivity contribution is 7.89. The minimum absolute atomic E-state index is 0.00764. The van der Waals surface area contributed by atoms with Gasteiger partial charge in [-0.05, 0) is 60.9 Å². The van der Waals surface area contributed by atoms with Gasteiger partial charge in [0.1, 0.15) is 11.9 Å². The van der Waals surface area contributed by atoms with E-state index in [9.17, 15) is 18.3 Å². The molecule has 2 saturated heterocycles. The summed E-state index contributed by atoms with van der Waals surface area (Å²) in [5.41, 5.74) is 0.887. The molecule has 0 bridgehead atoms. The SMILES string of the molecule is COC[C@@H]1CC2[C@H]3[C@H](CO[C@H]3O1)C[C@@H]2OC(=O)N[C@@H](Cc1ccccc1)[C@H](O)CN(CC(C)C)S(=O)(=O)c1ccc(OC)cc1. The molecule has 0 radical (unpaired) electrons. The minimum atomic E-state index is -3.96. The third-order valence-corrected chi connectivity index (χ3v) is 10.9. The number of rotatable bonds is 14.